The monoisotopic (exact) mass is 414 g/mol. The molecule has 6 nitrogen and oxygen atoms in total. The molecular formula is C20H19ClN4O2S. The number of morpholine rings is 1. The maximum atomic E-state index is 12.6. The topological polar surface area (TPSA) is 67.4 Å². The third-order valence-corrected chi connectivity index (χ3v) is 5.73. The molecule has 0 saturated carbocycles. The summed E-state index contributed by atoms with van der Waals surface area (Å²) in [6.07, 6.45) is 4.10. The largest absolute Gasteiger partial charge is 0.378 e. The second-order valence-electron chi connectivity index (χ2n) is 6.35. The zero-order valence-electron chi connectivity index (χ0n) is 15.1. The fourth-order valence-corrected chi connectivity index (χ4v) is 4.03. The summed E-state index contributed by atoms with van der Waals surface area (Å²) in [7, 11) is 0. The number of carbonyl (C=O) groups is 1. The van der Waals surface area contributed by atoms with Crippen molar-refractivity contribution < 1.29 is 9.53 Å². The van der Waals surface area contributed by atoms with E-state index in [0.717, 1.165) is 34.2 Å². The van der Waals surface area contributed by atoms with Crippen LogP contribution < -0.4 is 10.2 Å². The van der Waals surface area contributed by atoms with Crippen molar-refractivity contribution in [2.45, 2.75) is 6.42 Å². The molecule has 0 spiro atoms. The molecule has 144 valence electrons. The molecule has 1 amide bonds. The van der Waals surface area contributed by atoms with Gasteiger partial charge in [0, 0.05) is 47.5 Å². The molecule has 1 aliphatic rings. The van der Waals surface area contributed by atoms with Gasteiger partial charge in [0.25, 0.3) is 5.91 Å². The second kappa shape index (κ2) is 8.68. The molecule has 0 unspecified atom stereocenters. The van der Waals surface area contributed by atoms with Gasteiger partial charge >= 0.3 is 0 Å². The van der Waals surface area contributed by atoms with Crippen molar-refractivity contribution in [2.24, 2.45) is 0 Å². The standard InChI is InChI=1S/C20H19ClN4O2S/c21-17-4-2-1-3-14(17)11-16-13-23-20(28-16)24-19(26)18-12-15(5-6-22-18)25-7-9-27-10-8-25/h1-6,12-13H,7-11H2,(H,23,24,26). The van der Waals surface area contributed by atoms with Crippen LogP contribution in [0.25, 0.3) is 0 Å². The smallest absolute Gasteiger partial charge is 0.276 e. The lowest BCUT2D eigenvalue weighted by atomic mass is 10.1. The van der Waals surface area contributed by atoms with Gasteiger partial charge in [0.1, 0.15) is 5.69 Å². The Bertz CT molecular complexity index is 972. The Labute approximate surface area is 172 Å². The molecule has 0 radical (unpaired) electrons. The third kappa shape index (κ3) is 4.49. The number of hydrogen-bond acceptors (Lipinski definition) is 6. The molecule has 1 aliphatic heterocycles. The van der Waals surface area contributed by atoms with Crippen molar-refractivity contribution in [1.29, 1.82) is 0 Å². The summed E-state index contributed by atoms with van der Waals surface area (Å²) < 4.78 is 5.38. The number of amides is 1. The molecule has 3 heterocycles. The van der Waals surface area contributed by atoms with Crippen molar-refractivity contribution in [3.05, 3.63) is 69.9 Å². The van der Waals surface area contributed by atoms with E-state index in [1.165, 1.54) is 11.3 Å². The maximum absolute atomic E-state index is 12.6. The molecular weight excluding hydrogens is 396 g/mol. The number of thiazole rings is 1. The van der Waals surface area contributed by atoms with Gasteiger partial charge in [-0.15, -0.1) is 11.3 Å². The third-order valence-electron chi connectivity index (χ3n) is 4.45. The van der Waals surface area contributed by atoms with Crippen LogP contribution in [-0.4, -0.2) is 42.2 Å². The van der Waals surface area contributed by atoms with Crippen LogP contribution in [0.4, 0.5) is 10.8 Å². The molecule has 2 aromatic heterocycles. The van der Waals surface area contributed by atoms with E-state index in [1.807, 2.05) is 30.3 Å². The quantitative estimate of drug-likeness (QED) is 0.686. The highest BCUT2D eigenvalue weighted by Gasteiger charge is 2.15. The molecule has 1 saturated heterocycles. The van der Waals surface area contributed by atoms with Crippen molar-refractivity contribution in [3.8, 4) is 0 Å². The Hall–Kier alpha value is -2.48. The van der Waals surface area contributed by atoms with Crippen molar-refractivity contribution in [3.63, 3.8) is 0 Å². The van der Waals surface area contributed by atoms with Crippen LogP contribution in [0.2, 0.25) is 5.02 Å². The first-order chi connectivity index (χ1) is 13.7. The summed E-state index contributed by atoms with van der Waals surface area (Å²) in [5.74, 6) is -0.270. The molecule has 8 heteroatoms. The summed E-state index contributed by atoms with van der Waals surface area (Å²) >= 11 is 7.65. The SMILES string of the molecule is O=C(Nc1ncc(Cc2ccccc2Cl)s1)c1cc(N2CCOCC2)ccn1. The highest BCUT2D eigenvalue weighted by molar-refractivity contribution is 7.15. The van der Waals surface area contributed by atoms with E-state index in [4.69, 9.17) is 16.3 Å². The average molecular weight is 415 g/mol. The average Bonchev–Trinajstić information content (AvgIpc) is 3.17. The Kier molecular flexibility index (Phi) is 5.85. The van der Waals surface area contributed by atoms with Crippen LogP contribution >= 0.6 is 22.9 Å². The zero-order valence-corrected chi connectivity index (χ0v) is 16.7. The number of nitrogens with one attached hydrogen (secondary N) is 1. The van der Waals surface area contributed by atoms with E-state index in [0.29, 0.717) is 30.5 Å². The molecule has 28 heavy (non-hydrogen) atoms. The number of ether oxygens (including phenoxy) is 1. The van der Waals surface area contributed by atoms with Gasteiger partial charge in [0.2, 0.25) is 0 Å². The fourth-order valence-electron chi connectivity index (χ4n) is 3.00. The van der Waals surface area contributed by atoms with Gasteiger partial charge in [0.05, 0.1) is 13.2 Å². The molecule has 1 fully saturated rings. The summed E-state index contributed by atoms with van der Waals surface area (Å²) in [5.41, 5.74) is 2.37. The number of rotatable bonds is 5. The number of halogens is 1. The van der Waals surface area contributed by atoms with Gasteiger partial charge in [-0.1, -0.05) is 29.8 Å². The first-order valence-electron chi connectivity index (χ1n) is 8.97. The molecule has 0 bridgehead atoms. The van der Waals surface area contributed by atoms with Crippen LogP contribution in [0.1, 0.15) is 20.9 Å². The Morgan fingerprint density at radius 2 is 2.04 bits per heavy atom. The number of nitrogens with zero attached hydrogens (tertiary/aromatic N) is 3. The summed E-state index contributed by atoms with van der Waals surface area (Å²) in [4.78, 5) is 24.3. The van der Waals surface area contributed by atoms with Crippen molar-refractivity contribution in [2.75, 3.05) is 36.5 Å². The molecule has 0 aliphatic carbocycles. The van der Waals surface area contributed by atoms with Crippen LogP contribution in [0.3, 0.4) is 0 Å². The number of pyridine rings is 1. The predicted octanol–water partition coefficient (Wildman–Crippen LogP) is 3.87. The van der Waals surface area contributed by atoms with Crippen LogP contribution in [0, 0.1) is 0 Å². The van der Waals surface area contributed by atoms with E-state index in [1.54, 1.807) is 18.5 Å². The second-order valence-corrected chi connectivity index (χ2v) is 7.88. The minimum Gasteiger partial charge on any atom is -0.378 e. The maximum Gasteiger partial charge on any atom is 0.276 e. The number of anilines is 2. The van der Waals surface area contributed by atoms with Gasteiger partial charge in [-0.05, 0) is 23.8 Å². The highest BCUT2D eigenvalue weighted by atomic mass is 35.5. The molecule has 1 aromatic carbocycles. The highest BCUT2D eigenvalue weighted by Crippen LogP contribution is 2.25. The zero-order chi connectivity index (χ0) is 19.3. The van der Waals surface area contributed by atoms with E-state index in [-0.39, 0.29) is 5.91 Å². The minimum atomic E-state index is -0.270. The molecule has 0 atom stereocenters. The lowest BCUT2D eigenvalue weighted by Gasteiger charge is -2.28. The van der Waals surface area contributed by atoms with Crippen LogP contribution in [0.15, 0.2) is 48.8 Å². The lowest BCUT2D eigenvalue weighted by Crippen LogP contribution is -2.36. The van der Waals surface area contributed by atoms with E-state index in [2.05, 4.69) is 20.2 Å². The van der Waals surface area contributed by atoms with Crippen LogP contribution in [-0.2, 0) is 11.2 Å². The lowest BCUT2D eigenvalue weighted by molar-refractivity contribution is 0.102. The van der Waals surface area contributed by atoms with Crippen molar-refractivity contribution in [1.82, 2.24) is 9.97 Å². The Balaban J connectivity index is 1.43. The minimum absolute atomic E-state index is 0.270. The number of benzene rings is 1. The number of hydrogen-bond donors (Lipinski definition) is 1. The summed E-state index contributed by atoms with van der Waals surface area (Å²) in [6, 6.07) is 11.4. The summed E-state index contributed by atoms with van der Waals surface area (Å²) in [6.45, 7) is 3.00. The van der Waals surface area contributed by atoms with Gasteiger partial charge < -0.3 is 9.64 Å². The Morgan fingerprint density at radius 1 is 1.21 bits per heavy atom. The van der Waals surface area contributed by atoms with E-state index < -0.39 is 0 Å². The predicted molar refractivity (Wildman–Crippen MR) is 112 cm³/mol. The molecule has 3 aromatic rings. The number of carbonyl (C=O) groups excluding carboxylic acids is 1. The first kappa shape index (κ1) is 18.9. The van der Waals surface area contributed by atoms with Gasteiger partial charge in [-0.25, -0.2) is 4.98 Å². The normalized spacial score (nSPS) is 14.1. The van der Waals surface area contributed by atoms with Gasteiger partial charge in [0.15, 0.2) is 5.13 Å². The number of aromatic nitrogens is 2. The van der Waals surface area contributed by atoms with Gasteiger partial charge in [-0.3, -0.25) is 15.1 Å². The first-order valence-corrected chi connectivity index (χ1v) is 10.2. The summed E-state index contributed by atoms with van der Waals surface area (Å²) in [5, 5.41) is 4.11. The van der Waals surface area contributed by atoms with E-state index >= 15 is 0 Å². The molecule has 4 rings (SSSR count). The van der Waals surface area contributed by atoms with Crippen molar-refractivity contribution >= 4 is 39.7 Å². The van der Waals surface area contributed by atoms with Crippen LogP contribution in [0.5, 0.6) is 0 Å². The molecule has 1 N–H and O–H groups in total. The Morgan fingerprint density at radius 3 is 2.86 bits per heavy atom. The van der Waals surface area contributed by atoms with Gasteiger partial charge in [-0.2, -0.15) is 0 Å². The van der Waals surface area contributed by atoms with E-state index in [9.17, 15) is 4.79 Å². The fraction of sp³-hybridized carbons (Fsp3) is 0.250.